The maximum absolute atomic E-state index is 9.60. The van der Waals surface area contributed by atoms with Gasteiger partial charge >= 0.3 is 20.1 Å². The minimum Gasteiger partial charge on any atom is -0.335 e. The second-order valence-electron chi connectivity index (χ2n) is 20.3. The van der Waals surface area contributed by atoms with Crippen LogP contribution in [0.1, 0.15) is 84.7 Å². The number of para-hydroxylation sites is 2. The van der Waals surface area contributed by atoms with Crippen LogP contribution in [-0.4, -0.2) is 24.3 Å². The standard InChI is InChI=1S/C66H48N7.Ir/c67-39-44-13-11-15-48(32-44)58-25-23-52(42-69-58)65(27-7-8-28-65)37-46-31-47(38-66(29-9-10-30-66)53-24-26-59(70-43-53)49-16-12-14-45(33-49)40-68)35-50(34-46)54-17-1-2-18-55(54)51-36-57-63(71-41-51)56-19-3-5-21-61(56)73-62-22-6-4-20-60(62)72-64(57)73;/h1-6,11-14,17-18,20-26,31-36,41-43H,7-10,27-30,37-38H2;/q-3;+3. The number of aromatic nitrogens is 5. The van der Waals surface area contributed by atoms with Crippen LogP contribution in [0.25, 0.3) is 83.3 Å². The van der Waals surface area contributed by atoms with E-state index in [1.807, 2.05) is 36.5 Å². The first-order valence-corrected chi connectivity index (χ1v) is 25.5. The molecule has 13 rings (SSSR count). The topological polar surface area (TPSA) is 104 Å². The van der Waals surface area contributed by atoms with Gasteiger partial charge in [0, 0.05) is 40.3 Å². The molecule has 0 N–H and O–H groups in total. The number of imidazole rings is 1. The van der Waals surface area contributed by atoms with Crippen LogP contribution in [0.3, 0.4) is 0 Å². The van der Waals surface area contributed by atoms with Crippen molar-refractivity contribution in [2.75, 3.05) is 0 Å². The number of hydrogen-bond donors (Lipinski definition) is 0. The molecule has 2 aliphatic rings. The summed E-state index contributed by atoms with van der Waals surface area (Å²) < 4.78 is 2.26. The van der Waals surface area contributed by atoms with Crippen LogP contribution in [0.2, 0.25) is 0 Å². The summed E-state index contributed by atoms with van der Waals surface area (Å²) in [4.78, 5) is 20.5. The van der Waals surface area contributed by atoms with Gasteiger partial charge in [0.15, 0.2) is 0 Å². The van der Waals surface area contributed by atoms with Gasteiger partial charge in [-0.05, 0) is 129 Å². The minimum absolute atomic E-state index is 0. The number of nitriles is 2. The maximum atomic E-state index is 9.60. The van der Waals surface area contributed by atoms with Gasteiger partial charge in [-0.2, -0.15) is 10.5 Å². The van der Waals surface area contributed by atoms with Gasteiger partial charge in [0.05, 0.1) is 23.2 Å². The van der Waals surface area contributed by atoms with Crippen LogP contribution in [0.15, 0.2) is 170 Å². The quantitative estimate of drug-likeness (QED) is 0.0998. The molecule has 6 aromatic carbocycles. The van der Waals surface area contributed by atoms with E-state index in [-0.39, 0.29) is 30.9 Å². The molecule has 0 amide bonds. The van der Waals surface area contributed by atoms with Gasteiger partial charge in [-0.1, -0.05) is 105 Å². The summed E-state index contributed by atoms with van der Waals surface area (Å²) in [6, 6.07) is 67.3. The van der Waals surface area contributed by atoms with E-state index in [0.29, 0.717) is 11.1 Å². The fourth-order valence-corrected chi connectivity index (χ4v) is 12.5. The molecule has 5 aromatic heterocycles. The Morgan fingerprint density at radius 2 is 1.09 bits per heavy atom. The minimum atomic E-state index is -0.0784. The molecule has 0 radical (unpaired) electrons. The Kier molecular flexibility index (Phi) is 12.3. The van der Waals surface area contributed by atoms with Gasteiger partial charge in [-0.15, -0.1) is 89.3 Å². The van der Waals surface area contributed by atoms with E-state index in [0.717, 1.165) is 116 Å². The molecule has 11 aromatic rings. The maximum Gasteiger partial charge on any atom is 3.00 e. The average molecular weight is 1130 g/mol. The predicted octanol–water partition coefficient (Wildman–Crippen LogP) is 14.9. The Morgan fingerprint density at radius 3 is 1.68 bits per heavy atom. The van der Waals surface area contributed by atoms with Crippen LogP contribution in [-0.2, 0) is 43.8 Å². The molecule has 5 heterocycles. The van der Waals surface area contributed by atoms with Gasteiger partial charge in [0.2, 0.25) is 0 Å². The van der Waals surface area contributed by atoms with E-state index < -0.39 is 0 Å². The van der Waals surface area contributed by atoms with Crippen molar-refractivity contribution < 1.29 is 20.1 Å². The SMILES string of the molecule is N#Cc1cc[c-]c(-c2ccc(C3(Cc4cc(CC5(c6ccc(-c7[c-]ccc(C#N)c7)nc6)CCCC5)cc(-c5ccccc5-c5cnc6c7[c-]cccc7n7c8ccccc8nc7c6c5)c4)CCCC3)cn2)c1.[Ir+3]. The summed E-state index contributed by atoms with van der Waals surface area (Å²) in [5.41, 5.74) is 18.8. The summed E-state index contributed by atoms with van der Waals surface area (Å²) >= 11 is 0. The molecule has 0 saturated heterocycles. The van der Waals surface area contributed by atoms with Crippen molar-refractivity contribution >= 4 is 38.5 Å². The summed E-state index contributed by atoms with van der Waals surface area (Å²) in [5, 5.41) is 21.2. The van der Waals surface area contributed by atoms with Crippen molar-refractivity contribution in [3.8, 4) is 56.9 Å². The molecule has 2 fully saturated rings. The van der Waals surface area contributed by atoms with E-state index in [1.165, 1.54) is 53.5 Å². The summed E-state index contributed by atoms with van der Waals surface area (Å²) in [6.07, 6.45) is 17.0. The largest absolute Gasteiger partial charge is 3.00 e. The van der Waals surface area contributed by atoms with Crippen molar-refractivity contribution in [2.45, 2.75) is 75.0 Å². The molecule has 0 bridgehead atoms. The number of hydrogen-bond acceptors (Lipinski definition) is 6. The first-order valence-electron chi connectivity index (χ1n) is 25.5. The average Bonchev–Trinajstić information content (AvgIpc) is 4.24. The van der Waals surface area contributed by atoms with E-state index >= 15 is 0 Å². The van der Waals surface area contributed by atoms with Gasteiger partial charge in [0.1, 0.15) is 5.65 Å². The number of fused-ring (bicyclic) bond motifs is 8. The van der Waals surface area contributed by atoms with Crippen molar-refractivity contribution in [2.24, 2.45) is 0 Å². The Labute approximate surface area is 444 Å². The molecule has 0 unspecified atom stereocenters. The normalized spacial score (nSPS) is 14.8. The molecule has 0 spiro atoms. The van der Waals surface area contributed by atoms with Crippen molar-refractivity contribution in [1.29, 1.82) is 10.5 Å². The zero-order valence-corrected chi connectivity index (χ0v) is 43.1. The van der Waals surface area contributed by atoms with Crippen molar-refractivity contribution in [3.05, 3.63) is 222 Å². The van der Waals surface area contributed by atoms with Crippen LogP contribution in [0.4, 0.5) is 0 Å². The second kappa shape index (κ2) is 19.4. The first kappa shape index (κ1) is 46.9. The van der Waals surface area contributed by atoms with Gasteiger partial charge in [-0.25, -0.2) is 4.98 Å². The predicted molar refractivity (Wildman–Crippen MR) is 289 cm³/mol. The molecule has 356 valence electrons. The Balaban J connectivity index is 0.00000556. The zero-order valence-electron chi connectivity index (χ0n) is 40.7. The Bertz CT molecular complexity index is 3880. The first-order chi connectivity index (χ1) is 36.0. The zero-order chi connectivity index (χ0) is 48.9. The van der Waals surface area contributed by atoms with E-state index in [1.54, 1.807) is 24.3 Å². The van der Waals surface area contributed by atoms with Gasteiger partial charge in [0.25, 0.3) is 0 Å². The van der Waals surface area contributed by atoms with Crippen molar-refractivity contribution in [1.82, 2.24) is 24.3 Å². The fraction of sp³-hybridized carbons (Fsp3) is 0.182. The summed E-state index contributed by atoms with van der Waals surface area (Å²) in [5.74, 6) is 0. The summed E-state index contributed by atoms with van der Waals surface area (Å²) in [7, 11) is 0. The van der Waals surface area contributed by atoms with E-state index in [9.17, 15) is 10.5 Å². The molecule has 0 atom stereocenters. The van der Waals surface area contributed by atoms with Crippen molar-refractivity contribution in [3.63, 3.8) is 0 Å². The number of pyridine rings is 4. The molecular formula is C66H48IrN7. The van der Waals surface area contributed by atoms with E-state index in [4.69, 9.17) is 19.9 Å². The van der Waals surface area contributed by atoms with Crippen LogP contribution < -0.4 is 0 Å². The number of nitrogens with zero attached hydrogens (tertiary/aromatic N) is 7. The van der Waals surface area contributed by atoms with Gasteiger partial charge in [-0.3, -0.25) is 0 Å². The number of rotatable bonds is 10. The molecule has 8 heteroatoms. The molecule has 74 heavy (non-hydrogen) atoms. The monoisotopic (exact) mass is 1130 g/mol. The summed E-state index contributed by atoms with van der Waals surface area (Å²) in [6.45, 7) is 0. The Morgan fingerprint density at radius 1 is 0.527 bits per heavy atom. The van der Waals surface area contributed by atoms with Crippen LogP contribution in [0.5, 0.6) is 0 Å². The second-order valence-corrected chi connectivity index (χ2v) is 20.3. The smallest absolute Gasteiger partial charge is 0.335 e. The molecule has 0 aliphatic heterocycles. The third-order valence-electron chi connectivity index (χ3n) is 16.0. The molecule has 7 nitrogen and oxygen atoms in total. The van der Waals surface area contributed by atoms with Crippen LogP contribution >= 0.6 is 0 Å². The number of benzene rings is 6. The molecular weight excluding hydrogens is 1080 g/mol. The van der Waals surface area contributed by atoms with Crippen LogP contribution in [0, 0.1) is 40.9 Å². The van der Waals surface area contributed by atoms with E-state index in [2.05, 4.69) is 144 Å². The third kappa shape index (κ3) is 8.35. The van der Waals surface area contributed by atoms with Gasteiger partial charge < -0.3 is 19.4 Å². The molecule has 2 aliphatic carbocycles. The molecule has 2 saturated carbocycles. The fourth-order valence-electron chi connectivity index (χ4n) is 12.5. The Hall–Kier alpha value is -8.13. The third-order valence-corrected chi connectivity index (χ3v) is 16.0.